The van der Waals surface area contributed by atoms with Gasteiger partial charge in [-0.2, -0.15) is 0 Å². The molecule has 2 aliphatic heterocycles. The molecule has 0 amide bonds. The summed E-state index contributed by atoms with van der Waals surface area (Å²) < 4.78 is 0. The van der Waals surface area contributed by atoms with Crippen molar-refractivity contribution in [3.63, 3.8) is 0 Å². The Labute approximate surface area is 79.8 Å². The summed E-state index contributed by atoms with van der Waals surface area (Å²) in [4.78, 5) is 2.58. The van der Waals surface area contributed by atoms with Crippen LogP contribution in [-0.2, 0) is 0 Å². The van der Waals surface area contributed by atoms with Crippen LogP contribution in [0.4, 0.5) is 0 Å². The van der Waals surface area contributed by atoms with Gasteiger partial charge in [-0.1, -0.05) is 6.92 Å². The van der Waals surface area contributed by atoms with Gasteiger partial charge in [0.15, 0.2) is 0 Å². The molecule has 2 saturated heterocycles. The Hall–Kier alpha value is -0.570. The number of nitrogens with two attached hydrogens (primary N) is 1. The number of rotatable bonds is 3. The maximum Gasteiger partial charge on any atom is 0.0947 e. The van der Waals surface area contributed by atoms with E-state index in [9.17, 15) is 0 Å². The van der Waals surface area contributed by atoms with Crippen LogP contribution in [0, 0.1) is 11.3 Å². The fourth-order valence-electron chi connectivity index (χ4n) is 2.73. The lowest BCUT2D eigenvalue weighted by atomic mass is 10.0. The smallest absolute Gasteiger partial charge is 0.0947 e. The maximum atomic E-state index is 7.37. The summed E-state index contributed by atoms with van der Waals surface area (Å²) in [6, 6.07) is 1.62. The predicted octanol–water partition coefficient (Wildman–Crippen LogP) is 1.19. The van der Waals surface area contributed by atoms with Crippen molar-refractivity contribution < 1.29 is 0 Å². The minimum atomic E-state index is 0.237. The topological polar surface area (TPSA) is 53.1 Å². The van der Waals surface area contributed by atoms with E-state index in [-0.39, 0.29) is 5.92 Å². The molecule has 2 rings (SSSR count). The fourth-order valence-corrected chi connectivity index (χ4v) is 2.73. The molecule has 3 N–H and O–H groups in total. The average molecular weight is 181 g/mol. The summed E-state index contributed by atoms with van der Waals surface area (Å²) in [5.74, 6) is 0.576. The molecule has 74 valence electrons. The number of hydrogen-bond donors (Lipinski definition) is 2. The van der Waals surface area contributed by atoms with Gasteiger partial charge in [0.1, 0.15) is 0 Å². The fraction of sp³-hybridized carbons (Fsp3) is 0.900. The standard InChI is InChI=1S/C10H19N3/c1-7(10(11)12)6-13-8-2-3-9(13)5-4-8/h7-9H,2-6H2,1H3,(H3,11,12). The van der Waals surface area contributed by atoms with Crippen LogP contribution in [0.2, 0.25) is 0 Å². The van der Waals surface area contributed by atoms with Gasteiger partial charge in [-0.15, -0.1) is 0 Å². The first-order valence-electron chi connectivity index (χ1n) is 5.28. The number of nitrogens with one attached hydrogen (secondary N) is 1. The van der Waals surface area contributed by atoms with Crippen LogP contribution < -0.4 is 5.73 Å². The van der Waals surface area contributed by atoms with Crippen LogP contribution in [0.15, 0.2) is 0 Å². The molecule has 0 saturated carbocycles. The molecular formula is C10H19N3. The minimum absolute atomic E-state index is 0.237. The predicted molar refractivity (Wildman–Crippen MR) is 53.8 cm³/mol. The lowest BCUT2D eigenvalue weighted by Crippen LogP contribution is -2.37. The second kappa shape index (κ2) is 3.29. The quantitative estimate of drug-likeness (QED) is 0.507. The summed E-state index contributed by atoms with van der Waals surface area (Å²) in [5, 5.41) is 7.37. The van der Waals surface area contributed by atoms with E-state index in [1.54, 1.807) is 0 Å². The van der Waals surface area contributed by atoms with Gasteiger partial charge in [-0.25, -0.2) is 0 Å². The van der Waals surface area contributed by atoms with Gasteiger partial charge in [0, 0.05) is 24.5 Å². The van der Waals surface area contributed by atoms with Gasteiger partial charge in [0.2, 0.25) is 0 Å². The number of hydrogen-bond acceptors (Lipinski definition) is 2. The van der Waals surface area contributed by atoms with E-state index < -0.39 is 0 Å². The Morgan fingerprint density at radius 3 is 2.23 bits per heavy atom. The summed E-state index contributed by atoms with van der Waals surface area (Å²) >= 11 is 0. The number of nitrogens with zero attached hydrogens (tertiary/aromatic N) is 1. The van der Waals surface area contributed by atoms with Gasteiger partial charge in [-0.3, -0.25) is 10.3 Å². The van der Waals surface area contributed by atoms with Crippen molar-refractivity contribution in [2.45, 2.75) is 44.7 Å². The SMILES string of the molecule is CC(CN1C2CCC1CC2)C(=N)N. The lowest BCUT2D eigenvalue weighted by Gasteiger charge is -2.24. The molecule has 0 spiro atoms. The van der Waals surface area contributed by atoms with E-state index in [1.165, 1.54) is 25.7 Å². The van der Waals surface area contributed by atoms with Gasteiger partial charge >= 0.3 is 0 Å². The van der Waals surface area contributed by atoms with Gasteiger partial charge < -0.3 is 5.73 Å². The van der Waals surface area contributed by atoms with Crippen molar-refractivity contribution in [2.75, 3.05) is 6.54 Å². The highest BCUT2D eigenvalue weighted by molar-refractivity contribution is 5.79. The summed E-state index contributed by atoms with van der Waals surface area (Å²) in [6.45, 7) is 3.06. The maximum absolute atomic E-state index is 7.37. The molecule has 2 aliphatic rings. The first kappa shape index (κ1) is 9.00. The highest BCUT2D eigenvalue weighted by Gasteiger charge is 2.39. The third-order valence-electron chi connectivity index (χ3n) is 3.62. The second-order valence-electron chi connectivity index (χ2n) is 4.52. The Morgan fingerprint density at radius 1 is 1.38 bits per heavy atom. The molecule has 13 heavy (non-hydrogen) atoms. The Kier molecular flexibility index (Phi) is 2.28. The minimum Gasteiger partial charge on any atom is -0.387 e. The average Bonchev–Trinajstić information content (AvgIpc) is 2.65. The lowest BCUT2D eigenvalue weighted by molar-refractivity contribution is 0.237. The summed E-state index contributed by atoms with van der Waals surface area (Å²) in [7, 11) is 0. The van der Waals surface area contributed by atoms with Crippen LogP contribution in [0.25, 0.3) is 0 Å². The van der Waals surface area contributed by atoms with Crippen molar-refractivity contribution in [3.05, 3.63) is 0 Å². The van der Waals surface area contributed by atoms with E-state index in [0.717, 1.165) is 18.6 Å². The van der Waals surface area contributed by atoms with Crippen LogP contribution in [0.1, 0.15) is 32.6 Å². The molecule has 3 heteroatoms. The Morgan fingerprint density at radius 2 is 1.85 bits per heavy atom. The third-order valence-corrected chi connectivity index (χ3v) is 3.62. The molecule has 2 fully saturated rings. The van der Waals surface area contributed by atoms with Gasteiger partial charge in [-0.05, 0) is 25.7 Å². The van der Waals surface area contributed by atoms with Crippen LogP contribution >= 0.6 is 0 Å². The first-order chi connectivity index (χ1) is 6.18. The molecule has 1 atom stereocenters. The number of amidine groups is 1. The van der Waals surface area contributed by atoms with Crippen LogP contribution in [-0.4, -0.2) is 29.4 Å². The Balaban J connectivity index is 1.92. The zero-order chi connectivity index (χ0) is 9.42. The van der Waals surface area contributed by atoms with Crippen molar-refractivity contribution in [3.8, 4) is 0 Å². The molecular weight excluding hydrogens is 162 g/mol. The first-order valence-corrected chi connectivity index (χ1v) is 5.28. The molecule has 0 radical (unpaired) electrons. The second-order valence-corrected chi connectivity index (χ2v) is 4.52. The van der Waals surface area contributed by atoms with E-state index in [0.29, 0.717) is 5.84 Å². The molecule has 2 heterocycles. The summed E-state index contributed by atoms with van der Waals surface area (Å²) in [6.07, 6.45) is 5.48. The monoisotopic (exact) mass is 181 g/mol. The zero-order valence-electron chi connectivity index (χ0n) is 8.29. The third kappa shape index (κ3) is 1.57. The van der Waals surface area contributed by atoms with E-state index >= 15 is 0 Å². The van der Waals surface area contributed by atoms with E-state index in [1.807, 2.05) is 0 Å². The van der Waals surface area contributed by atoms with Crippen LogP contribution in [0.5, 0.6) is 0 Å². The number of fused-ring (bicyclic) bond motifs is 2. The van der Waals surface area contributed by atoms with Crippen molar-refractivity contribution in [1.29, 1.82) is 5.41 Å². The normalized spacial score (nSPS) is 35.2. The molecule has 1 unspecified atom stereocenters. The molecule has 0 aromatic rings. The van der Waals surface area contributed by atoms with Crippen LogP contribution in [0.3, 0.4) is 0 Å². The van der Waals surface area contributed by atoms with Gasteiger partial charge in [0.25, 0.3) is 0 Å². The van der Waals surface area contributed by atoms with Crippen molar-refractivity contribution >= 4 is 5.84 Å². The molecule has 3 nitrogen and oxygen atoms in total. The summed E-state index contributed by atoms with van der Waals surface area (Å²) in [5.41, 5.74) is 5.48. The molecule has 0 aromatic heterocycles. The van der Waals surface area contributed by atoms with Gasteiger partial charge in [0.05, 0.1) is 5.84 Å². The Bertz CT molecular complexity index is 194. The van der Waals surface area contributed by atoms with Crippen molar-refractivity contribution in [1.82, 2.24) is 4.90 Å². The molecule has 0 aromatic carbocycles. The van der Waals surface area contributed by atoms with E-state index in [4.69, 9.17) is 11.1 Å². The van der Waals surface area contributed by atoms with Crippen molar-refractivity contribution in [2.24, 2.45) is 11.7 Å². The highest BCUT2D eigenvalue weighted by atomic mass is 15.2. The molecule has 2 bridgehead atoms. The zero-order valence-corrected chi connectivity index (χ0v) is 8.29. The molecule has 0 aliphatic carbocycles. The highest BCUT2D eigenvalue weighted by Crippen LogP contribution is 2.37. The largest absolute Gasteiger partial charge is 0.387 e. The van der Waals surface area contributed by atoms with E-state index in [2.05, 4.69) is 11.8 Å².